The predicted molar refractivity (Wildman–Crippen MR) is 104 cm³/mol. The molecule has 0 bridgehead atoms. The Morgan fingerprint density at radius 3 is 1.46 bits per heavy atom. The third-order valence-electron chi connectivity index (χ3n) is 2.85. The molecule has 0 aliphatic carbocycles. The molecule has 138 valence electrons. The Morgan fingerprint density at radius 2 is 1.12 bits per heavy atom. The number of halogens is 2. The number of nitrogens with two attached hydrogens (primary N) is 2. The highest BCUT2D eigenvalue weighted by atomic mass is 35.5. The van der Waals surface area contributed by atoms with Gasteiger partial charge in [0, 0.05) is 13.1 Å². The van der Waals surface area contributed by atoms with Crippen molar-refractivity contribution in [3.05, 3.63) is 34.8 Å². The van der Waals surface area contributed by atoms with Crippen LogP contribution in [0.1, 0.15) is 12.8 Å². The van der Waals surface area contributed by atoms with Crippen LogP contribution in [0.4, 0.5) is 11.9 Å². The van der Waals surface area contributed by atoms with Crippen LogP contribution in [0, 0.1) is 0 Å². The first kappa shape index (κ1) is 19.6. The molecular weight excluding hydrogens is 379 g/mol. The highest BCUT2D eigenvalue weighted by Gasteiger charge is 1.99. The molecule has 0 aliphatic heterocycles. The van der Waals surface area contributed by atoms with E-state index in [0.717, 1.165) is 12.8 Å². The van der Waals surface area contributed by atoms with Gasteiger partial charge in [-0.25, -0.2) is 19.9 Å². The van der Waals surface area contributed by atoms with Crippen LogP contribution in [-0.4, -0.2) is 44.9 Å². The molecule has 0 aromatic carbocycles. The molecule has 0 atom stereocenters. The van der Waals surface area contributed by atoms with Crippen molar-refractivity contribution in [2.24, 2.45) is 21.5 Å². The van der Waals surface area contributed by atoms with Gasteiger partial charge in [0.15, 0.2) is 11.9 Å². The molecule has 0 spiro atoms. The molecule has 0 saturated heterocycles. The van der Waals surface area contributed by atoms with Gasteiger partial charge in [-0.3, -0.25) is 20.6 Å². The molecule has 2 rings (SSSR count). The number of anilines is 2. The second-order valence-corrected chi connectivity index (χ2v) is 5.81. The number of nitrogens with one attached hydrogen (secondary N) is 2. The third kappa shape index (κ3) is 7.45. The van der Waals surface area contributed by atoms with Gasteiger partial charge >= 0.3 is 0 Å². The Balaban J connectivity index is 1.64. The minimum Gasteiger partial charge on any atom is -0.370 e. The maximum atomic E-state index is 5.75. The monoisotopic (exact) mass is 396 g/mol. The molecule has 2 heterocycles. The Hall–Kier alpha value is -2.72. The van der Waals surface area contributed by atoms with E-state index < -0.39 is 0 Å². The maximum Gasteiger partial charge on any atom is 0.229 e. The minimum absolute atomic E-state index is 0.233. The van der Waals surface area contributed by atoms with Crippen LogP contribution >= 0.6 is 23.2 Å². The zero-order valence-corrected chi connectivity index (χ0v) is 15.2. The van der Waals surface area contributed by atoms with Gasteiger partial charge in [0.25, 0.3) is 0 Å². The van der Waals surface area contributed by atoms with Crippen molar-refractivity contribution in [2.45, 2.75) is 12.8 Å². The van der Waals surface area contributed by atoms with E-state index in [4.69, 9.17) is 34.7 Å². The average molecular weight is 397 g/mol. The Labute approximate surface area is 160 Å². The number of aliphatic imine (C=N–C) groups is 2. The lowest BCUT2D eigenvalue weighted by Crippen LogP contribution is -2.24. The van der Waals surface area contributed by atoms with Crippen molar-refractivity contribution in [2.75, 3.05) is 23.7 Å². The van der Waals surface area contributed by atoms with E-state index in [1.165, 1.54) is 24.8 Å². The summed E-state index contributed by atoms with van der Waals surface area (Å²) in [6.07, 6.45) is 7.45. The molecule has 26 heavy (non-hydrogen) atoms. The lowest BCUT2D eigenvalue weighted by molar-refractivity contribution is 0.755. The Morgan fingerprint density at radius 1 is 0.769 bits per heavy atom. The van der Waals surface area contributed by atoms with Crippen molar-refractivity contribution >= 4 is 47.0 Å². The molecule has 0 aliphatic rings. The van der Waals surface area contributed by atoms with E-state index in [1.807, 2.05) is 0 Å². The highest BCUT2D eigenvalue weighted by molar-refractivity contribution is 6.30. The second kappa shape index (κ2) is 10.3. The van der Waals surface area contributed by atoms with Crippen molar-refractivity contribution < 1.29 is 0 Å². The fourth-order valence-electron chi connectivity index (χ4n) is 1.68. The summed E-state index contributed by atoms with van der Waals surface area (Å²) < 4.78 is 0. The number of aromatic nitrogens is 4. The molecule has 6 N–H and O–H groups in total. The largest absolute Gasteiger partial charge is 0.370 e. The predicted octanol–water partition coefficient (Wildman–Crippen LogP) is 1.51. The Bertz CT molecular complexity index is 680. The van der Waals surface area contributed by atoms with Gasteiger partial charge in [-0.05, 0) is 12.8 Å². The van der Waals surface area contributed by atoms with Crippen molar-refractivity contribution in [1.29, 1.82) is 0 Å². The number of hydrogen-bond acceptors (Lipinski definition) is 6. The average Bonchev–Trinajstić information content (AvgIpc) is 2.62. The summed E-state index contributed by atoms with van der Waals surface area (Å²) in [4.78, 5) is 24.2. The van der Waals surface area contributed by atoms with E-state index in [2.05, 4.69) is 40.6 Å². The minimum atomic E-state index is 0.233. The van der Waals surface area contributed by atoms with Gasteiger partial charge in [-0.2, -0.15) is 0 Å². The van der Waals surface area contributed by atoms with Gasteiger partial charge in [-0.15, -0.1) is 0 Å². The zero-order valence-electron chi connectivity index (χ0n) is 13.7. The normalized spacial score (nSPS) is 12.1. The quantitative estimate of drug-likeness (QED) is 0.312. The lowest BCUT2D eigenvalue weighted by atomic mass is 10.3. The summed E-state index contributed by atoms with van der Waals surface area (Å²) in [5.41, 5.74) is 11.5. The smallest absolute Gasteiger partial charge is 0.229 e. The van der Waals surface area contributed by atoms with Crippen molar-refractivity contribution in [1.82, 2.24) is 19.9 Å². The molecule has 2 aromatic rings. The molecule has 2 aromatic heterocycles. The van der Waals surface area contributed by atoms with Gasteiger partial charge in [0.1, 0.15) is 0 Å². The number of rotatable bonds is 7. The first-order valence-corrected chi connectivity index (χ1v) is 8.37. The summed E-state index contributed by atoms with van der Waals surface area (Å²) in [6, 6.07) is 0. The number of nitrogens with zero attached hydrogens (tertiary/aromatic N) is 6. The van der Waals surface area contributed by atoms with Crippen LogP contribution in [0.25, 0.3) is 0 Å². The van der Waals surface area contributed by atoms with Crippen LogP contribution in [0.3, 0.4) is 0 Å². The van der Waals surface area contributed by atoms with Crippen LogP contribution in [0.2, 0.25) is 10.0 Å². The fourth-order valence-corrected chi connectivity index (χ4v) is 1.88. The highest BCUT2D eigenvalue weighted by Crippen LogP contribution is 2.06. The van der Waals surface area contributed by atoms with E-state index in [-0.39, 0.29) is 11.9 Å². The van der Waals surface area contributed by atoms with E-state index in [1.54, 1.807) is 0 Å². The topological polar surface area (TPSA) is 152 Å². The molecule has 0 saturated carbocycles. The first-order valence-electron chi connectivity index (χ1n) is 7.62. The first-order chi connectivity index (χ1) is 12.5. The van der Waals surface area contributed by atoms with Crippen molar-refractivity contribution in [3.63, 3.8) is 0 Å². The van der Waals surface area contributed by atoms with Gasteiger partial charge in [0.05, 0.1) is 34.8 Å². The third-order valence-corrected chi connectivity index (χ3v) is 3.24. The van der Waals surface area contributed by atoms with Crippen LogP contribution in [-0.2, 0) is 0 Å². The van der Waals surface area contributed by atoms with Gasteiger partial charge in [0.2, 0.25) is 11.9 Å². The fraction of sp³-hybridized carbons (Fsp3) is 0.286. The molecule has 0 radical (unpaired) electrons. The number of guanidine groups is 2. The van der Waals surface area contributed by atoms with E-state index in [9.17, 15) is 0 Å². The van der Waals surface area contributed by atoms with E-state index in [0.29, 0.717) is 35.0 Å². The molecular formula is C14H18Cl2N10. The molecule has 0 unspecified atom stereocenters. The summed E-state index contributed by atoms with van der Waals surface area (Å²) in [6.45, 7) is 1.07. The molecule has 0 amide bonds. The van der Waals surface area contributed by atoms with E-state index >= 15 is 0 Å². The standard InChI is InChI=1S/C14H18Cl2N10/c15-9-5-21-13(22-6-9)25-11(17)19-3-1-2-4-20-12(18)26-14-23-7-10(16)8-24-14/h5-8H,1-4H2,(H3,17,19,21,22,25)(H3,18,20,23,24,26). The van der Waals surface area contributed by atoms with Crippen LogP contribution in [0.5, 0.6) is 0 Å². The summed E-state index contributed by atoms with van der Waals surface area (Å²) >= 11 is 11.4. The Kier molecular flexibility index (Phi) is 7.77. The SMILES string of the molecule is NC(=NCCCCN=C(N)Nc1ncc(Cl)cn1)Nc1ncc(Cl)cn1. The van der Waals surface area contributed by atoms with Crippen molar-refractivity contribution in [3.8, 4) is 0 Å². The molecule has 10 nitrogen and oxygen atoms in total. The van der Waals surface area contributed by atoms with Gasteiger partial charge in [-0.1, -0.05) is 23.2 Å². The molecule has 12 heteroatoms. The summed E-state index contributed by atoms with van der Waals surface area (Å²) in [5, 5.41) is 6.45. The number of unbranched alkanes of at least 4 members (excludes halogenated alkanes) is 1. The van der Waals surface area contributed by atoms with Crippen LogP contribution < -0.4 is 22.1 Å². The van der Waals surface area contributed by atoms with Gasteiger partial charge < -0.3 is 11.5 Å². The second-order valence-electron chi connectivity index (χ2n) is 4.94. The molecule has 0 fully saturated rings. The number of hydrogen-bond donors (Lipinski definition) is 4. The maximum absolute atomic E-state index is 5.75. The summed E-state index contributed by atoms with van der Waals surface area (Å²) in [5.74, 6) is 1.14. The lowest BCUT2D eigenvalue weighted by Gasteiger charge is -2.04. The summed E-state index contributed by atoms with van der Waals surface area (Å²) in [7, 11) is 0. The zero-order chi connectivity index (χ0) is 18.8. The van der Waals surface area contributed by atoms with Crippen LogP contribution in [0.15, 0.2) is 34.8 Å².